The molecule has 3 atom stereocenters. The second-order valence-electron chi connectivity index (χ2n) is 5.82. The Balaban J connectivity index is 0.00000288. The summed E-state index contributed by atoms with van der Waals surface area (Å²) in [5.74, 6) is 1.52. The average molecular weight is 484 g/mol. The summed E-state index contributed by atoms with van der Waals surface area (Å²) < 4.78 is 12.0. The van der Waals surface area contributed by atoms with Crippen LogP contribution in [0.5, 0.6) is 0 Å². The SMILES string of the molecule is CCS(=O)C1CCCC(NC(=NC)NCc2ccccc2Cl)C1.I. The van der Waals surface area contributed by atoms with E-state index in [1.165, 1.54) is 0 Å². The van der Waals surface area contributed by atoms with Gasteiger partial charge in [0.25, 0.3) is 0 Å². The standard InChI is InChI=1S/C17H26ClN3OS.HI/c1-3-23(22)15-9-6-8-14(11-15)21-17(19-2)20-12-13-7-4-5-10-16(13)18;/h4-5,7,10,14-15H,3,6,8-9,11-12H2,1-2H3,(H2,19,20,21);1H. The first-order chi connectivity index (χ1) is 11.1. The molecule has 0 amide bonds. The molecule has 0 heterocycles. The van der Waals surface area contributed by atoms with Gasteiger partial charge in [-0.2, -0.15) is 0 Å². The van der Waals surface area contributed by atoms with Gasteiger partial charge < -0.3 is 10.6 Å². The van der Waals surface area contributed by atoms with Crippen molar-refractivity contribution in [3.63, 3.8) is 0 Å². The zero-order valence-electron chi connectivity index (χ0n) is 14.3. The molecule has 1 aliphatic rings. The maximum absolute atomic E-state index is 12.0. The number of aliphatic imine (C=N–C) groups is 1. The van der Waals surface area contributed by atoms with E-state index in [1.807, 2.05) is 31.2 Å². The smallest absolute Gasteiger partial charge is 0.191 e. The van der Waals surface area contributed by atoms with Crippen molar-refractivity contribution in [3.8, 4) is 0 Å². The Kier molecular flexibility index (Phi) is 10.2. The highest BCUT2D eigenvalue weighted by atomic mass is 127. The van der Waals surface area contributed by atoms with Gasteiger partial charge in [-0.3, -0.25) is 9.20 Å². The molecule has 1 aromatic rings. The second-order valence-corrected chi connectivity index (χ2v) is 8.23. The zero-order chi connectivity index (χ0) is 16.7. The topological polar surface area (TPSA) is 53.5 Å². The lowest BCUT2D eigenvalue weighted by Gasteiger charge is -2.30. The molecule has 0 spiro atoms. The molecule has 0 saturated heterocycles. The first kappa shape index (κ1) is 21.7. The number of nitrogens with one attached hydrogen (secondary N) is 2. The molecule has 0 radical (unpaired) electrons. The molecule has 3 unspecified atom stereocenters. The molecule has 0 bridgehead atoms. The van der Waals surface area contributed by atoms with E-state index in [0.29, 0.717) is 17.8 Å². The van der Waals surface area contributed by atoms with Crippen molar-refractivity contribution >= 4 is 52.3 Å². The molecule has 24 heavy (non-hydrogen) atoms. The van der Waals surface area contributed by atoms with E-state index >= 15 is 0 Å². The van der Waals surface area contributed by atoms with Crippen LogP contribution in [-0.2, 0) is 17.3 Å². The summed E-state index contributed by atoms with van der Waals surface area (Å²) in [6.07, 6.45) is 4.25. The van der Waals surface area contributed by atoms with Gasteiger partial charge in [0, 0.05) is 46.5 Å². The average Bonchev–Trinajstić information content (AvgIpc) is 2.59. The lowest BCUT2D eigenvalue weighted by Crippen LogP contribution is -2.46. The minimum atomic E-state index is -0.705. The first-order valence-corrected chi connectivity index (χ1v) is 9.97. The number of guanidine groups is 1. The summed E-state index contributed by atoms with van der Waals surface area (Å²) in [4.78, 5) is 4.29. The molecule has 4 nitrogen and oxygen atoms in total. The van der Waals surface area contributed by atoms with Crippen LogP contribution in [0.1, 0.15) is 38.2 Å². The summed E-state index contributed by atoms with van der Waals surface area (Å²) in [6.45, 7) is 2.63. The number of rotatable bonds is 5. The van der Waals surface area contributed by atoms with Crippen molar-refractivity contribution in [2.45, 2.75) is 50.4 Å². The van der Waals surface area contributed by atoms with Gasteiger partial charge in [-0.05, 0) is 30.9 Å². The molecule has 1 fully saturated rings. The highest BCUT2D eigenvalue weighted by Gasteiger charge is 2.25. The Morgan fingerprint density at radius 3 is 2.79 bits per heavy atom. The van der Waals surface area contributed by atoms with Crippen LogP contribution in [-0.4, -0.2) is 34.3 Å². The molecule has 0 aliphatic heterocycles. The molecular weight excluding hydrogens is 457 g/mol. The molecule has 0 aromatic heterocycles. The predicted molar refractivity (Wildman–Crippen MR) is 115 cm³/mol. The summed E-state index contributed by atoms with van der Waals surface area (Å²) in [5, 5.41) is 7.85. The van der Waals surface area contributed by atoms with Gasteiger partial charge in [-0.1, -0.05) is 43.1 Å². The molecule has 2 rings (SSSR count). The lowest BCUT2D eigenvalue weighted by molar-refractivity contribution is 0.413. The van der Waals surface area contributed by atoms with E-state index in [9.17, 15) is 4.21 Å². The number of hydrogen-bond acceptors (Lipinski definition) is 2. The number of hydrogen-bond donors (Lipinski definition) is 2. The van der Waals surface area contributed by atoms with Crippen molar-refractivity contribution < 1.29 is 4.21 Å². The lowest BCUT2D eigenvalue weighted by atomic mass is 9.95. The normalized spacial score (nSPS) is 22.4. The Bertz CT molecular complexity index is 571. The molecule has 1 aliphatic carbocycles. The second kappa shape index (κ2) is 11.3. The van der Waals surface area contributed by atoms with Crippen molar-refractivity contribution in [1.82, 2.24) is 10.6 Å². The largest absolute Gasteiger partial charge is 0.354 e. The maximum Gasteiger partial charge on any atom is 0.191 e. The quantitative estimate of drug-likeness (QED) is 0.381. The summed E-state index contributed by atoms with van der Waals surface area (Å²) in [5.41, 5.74) is 1.05. The van der Waals surface area contributed by atoms with Crippen LogP contribution in [0.15, 0.2) is 29.3 Å². The number of halogens is 2. The van der Waals surface area contributed by atoms with Gasteiger partial charge in [-0.25, -0.2) is 0 Å². The van der Waals surface area contributed by atoms with Gasteiger partial charge in [0.15, 0.2) is 5.96 Å². The monoisotopic (exact) mass is 483 g/mol. The van der Waals surface area contributed by atoms with Crippen LogP contribution in [0.3, 0.4) is 0 Å². The van der Waals surface area contributed by atoms with Crippen LogP contribution in [0, 0.1) is 0 Å². The minimum Gasteiger partial charge on any atom is -0.354 e. The fourth-order valence-electron chi connectivity index (χ4n) is 2.96. The molecule has 2 N–H and O–H groups in total. The van der Waals surface area contributed by atoms with E-state index in [4.69, 9.17) is 11.6 Å². The van der Waals surface area contributed by atoms with Gasteiger partial charge in [0.05, 0.1) is 0 Å². The van der Waals surface area contributed by atoms with Gasteiger partial charge in [0.1, 0.15) is 0 Å². The van der Waals surface area contributed by atoms with Crippen molar-refractivity contribution in [3.05, 3.63) is 34.9 Å². The van der Waals surface area contributed by atoms with E-state index in [1.54, 1.807) is 7.05 Å². The Morgan fingerprint density at radius 1 is 1.38 bits per heavy atom. The third-order valence-electron chi connectivity index (χ3n) is 4.25. The van der Waals surface area contributed by atoms with Crippen LogP contribution >= 0.6 is 35.6 Å². The summed E-state index contributed by atoms with van der Waals surface area (Å²) in [6, 6.07) is 8.13. The third kappa shape index (κ3) is 6.52. The Labute approximate surface area is 169 Å². The van der Waals surface area contributed by atoms with Crippen LogP contribution < -0.4 is 10.6 Å². The molecule has 7 heteroatoms. The first-order valence-electron chi connectivity index (χ1n) is 8.21. The highest BCUT2D eigenvalue weighted by Crippen LogP contribution is 2.23. The van der Waals surface area contributed by atoms with E-state index in [2.05, 4.69) is 15.6 Å². The zero-order valence-corrected chi connectivity index (χ0v) is 18.2. The van der Waals surface area contributed by atoms with E-state index in [-0.39, 0.29) is 24.0 Å². The van der Waals surface area contributed by atoms with Gasteiger partial charge >= 0.3 is 0 Å². The fraction of sp³-hybridized carbons (Fsp3) is 0.588. The number of nitrogens with zero attached hydrogens (tertiary/aromatic N) is 1. The number of benzene rings is 1. The minimum absolute atomic E-state index is 0. The van der Waals surface area contributed by atoms with Crippen molar-refractivity contribution in [2.24, 2.45) is 4.99 Å². The maximum atomic E-state index is 12.0. The molecule has 1 aromatic carbocycles. The van der Waals surface area contributed by atoms with Gasteiger partial charge in [0.2, 0.25) is 0 Å². The van der Waals surface area contributed by atoms with Crippen molar-refractivity contribution in [1.29, 1.82) is 0 Å². The summed E-state index contributed by atoms with van der Waals surface area (Å²) in [7, 11) is 1.07. The molecule has 1 saturated carbocycles. The van der Waals surface area contributed by atoms with Crippen LogP contribution in [0.4, 0.5) is 0 Å². The molecule has 136 valence electrons. The third-order valence-corrected chi connectivity index (χ3v) is 6.36. The molecular formula is C17H27ClIN3OS. The fourth-order valence-corrected chi connectivity index (χ4v) is 4.51. The van der Waals surface area contributed by atoms with E-state index in [0.717, 1.165) is 48.0 Å². The predicted octanol–water partition coefficient (Wildman–Crippen LogP) is 3.70. The van der Waals surface area contributed by atoms with Crippen molar-refractivity contribution in [2.75, 3.05) is 12.8 Å². The highest BCUT2D eigenvalue weighted by molar-refractivity contribution is 14.0. The van der Waals surface area contributed by atoms with Crippen LogP contribution in [0.25, 0.3) is 0 Å². The Morgan fingerprint density at radius 2 is 2.12 bits per heavy atom. The Hall–Kier alpha value is -0.340. The summed E-state index contributed by atoms with van der Waals surface area (Å²) >= 11 is 6.18. The van der Waals surface area contributed by atoms with Gasteiger partial charge in [-0.15, -0.1) is 24.0 Å². The van der Waals surface area contributed by atoms with Crippen LogP contribution in [0.2, 0.25) is 5.02 Å². The van der Waals surface area contributed by atoms with E-state index < -0.39 is 10.8 Å².